The lowest BCUT2D eigenvalue weighted by Gasteiger charge is -2.29. The number of carbonyl (C=O) groups excluding carboxylic acids is 1. The van der Waals surface area contributed by atoms with Gasteiger partial charge in [0.1, 0.15) is 0 Å². The van der Waals surface area contributed by atoms with Gasteiger partial charge in [-0.2, -0.15) is 0 Å². The van der Waals surface area contributed by atoms with Crippen molar-refractivity contribution < 1.29 is 4.79 Å². The van der Waals surface area contributed by atoms with Gasteiger partial charge >= 0.3 is 0 Å². The highest BCUT2D eigenvalue weighted by Gasteiger charge is 2.18. The fraction of sp³-hybridized carbons (Fsp3) is 0.923. The molecular formula is C13H26N2OS. The second-order valence-corrected chi connectivity index (χ2v) is 5.96. The molecule has 4 heteroatoms. The molecule has 1 atom stereocenters. The maximum absolute atomic E-state index is 11.4. The van der Waals surface area contributed by atoms with E-state index in [1.807, 2.05) is 6.26 Å². The largest absolute Gasteiger partial charge is 0.344 e. The summed E-state index contributed by atoms with van der Waals surface area (Å²) >= 11 is 1.27. The van der Waals surface area contributed by atoms with E-state index in [9.17, 15) is 4.79 Å². The van der Waals surface area contributed by atoms with Crippen LogP contribution in [0.1, 0.15) is 39.5 Å². The van der Waals surface area contributed by atoms with E-state index in [0.717, 1.165) is 13.0 Å². The fourth-order valence-electron chi connectivity index (χ4n) is 2.29. The molecule has 1 aliphatic heterocycles. The zero-order chi connectivity index (χ0) is 12.7. The first-order valence-corrected chi connectivity index (χ1v) is 7.92. The van der Waals surface area contributed by atoms with Gasteiger partial charge < -0.3 is 10.2 Å². The van der Waals surface area contributed by atoms with Gasteiger partial charge in [0.2, 0.25) is 0 Å². The minimum absolute atomic E-state index is 0.0994. The standard InChI is InChI=1S/C13H26N2OS/c1-11(2)12(14-13(16)17-3)7-10-15-8-5-4-6-9-15/h11-12H,4-10H2,1-3H3,(H,14,16)/t12-/m0/s1. The third-order valence-corrected chi connectivity index (χ3v) is 3.99. The molecule has 1 heterocycles. The Bertz CT molecular complexity index is 227. The van der Waals surface area contributed by atoms with Gasteiger partial charge in [0.15, 0.2) is 0 Å². The normalized spacial score (nSPS) is 19.3. The van der Waals surface area contributed by atoms with E-state index in [1.165, 1.54) is 44.1 Å². The molecule has 0 spiro atoms. The summed E-state index contributed by atoms with van der Waals surface area (Å²) in [6.07, 6.45) is 6.96. The zero-order valence-corrected chi connectivity index (χ0v) is 12.2. The van der Waals surface area contributed by atoms with Crippen molar-refractivity contribution in [3.8, 4) is 0 Å². The van der Waals surface area contributed by atoms with Gasteiger partial charge in [0.25, 0.3) is 5.24 Å². The summed E-state index contributed by atoms with van der Waals surface area (Å²) in [5, 5.41) is 3.20. The van der Waals surface area contributed by atoms with Crippen molar-refractivity contribution in [1.29, 1.82) is 0 Å². The number of amides is 1. The zero-order valence-electron chi connectivity index (χ0n) is 11.4. The number of nitrogens with zero attached hydrogens (tertiary/aromatic N) is 1. The van der Waals surface area contributed by atoms with Crippen LogP contribution in [0.25, 0.3) is 0 Å². The molecule has 1 saturated heterocycles. The van der Waals surface area contributed by atoms with Crippen LogP contribution in [0.5, 0.6) is 0 Å². The first-order chi connectivity index (χ1) is 8.13. The van der Waals surface area contributed by atoms with Crippen LogP contribution in [0, 0.1) is 5.92 Å². The Kier molecular flexibility index (Phi) is 6.97. The Balaban J connectivity index is 2.30. The Hall–Kier alpha value is -0.220. The van der Waals surface area contributed by atoms with E-state index in [1.54, 1.807) is 0 Å². The summed E-state index contributed by atoms with van der Waals surface area (Å²) in [5.41, 5.74) is 0. The maximum Gasteiger partial charge on any atom is 0.279 e. The molecule has 0 saturated carbocycles. The van der Waals surface area contributed by atoms with E-state index >= 15 is 0 Å². The molecule has 1 aliphatic rings. The minimum Gasteiger partial charge on any atom is -0.344 e. The van der Waals surface area contributed by atoms with Crippen LogP contribution in [0.2, 0.25) is 0 Å². The number of rotatable bonds is 5. The average Bonchev–Trinajstić information content (AvgIpc) is 2.35. The molecule has 0 unspecified atom stereocenters. The number of carbonyl (C=O) groups is 1. The smallest absolute Gasteiger partial charge is 0.279 e. The van der Waals surface area contributed by atoms with Gasteiger partial charge in [-0.15, -0.1) is 0 Å². The molecule has 100 valence electrons. The average molecular weight is 258 g/mol. The van der Waals surface area contributed by atoms with Gasteiger partial charge in [0.05, 0.1) is 0 Å². The van der Waals surface area contributed by atoms with Gasteiger partial charge in [-0.05, 0) is 44.5 Å². The van der Waals surface area contributed by atoms with Crippen LogP contribution in [-0.4, -0.2) is 42.1 Å². The highest BCUT2D eigenvalue weighted by molar-refractivity contribution is 8.12. The molecule has 1 N–H and O–H groups in total. The second kappa shape index (κ2) is 7.98. The number of piperidine rings is 1. The van der Waals surface area contributed by atoms with Gasteiger partial charge in [-0.3, -0.25) is 4.79 Å². The monoisotopic (exact) mass is 258 g/mol. The molecular weight excluding hydrogens is 232 g/mol. The van der Waals surface area contributed by atoms with E-state index in [-0.39, 0.29) is 5.24 Å². The van der Waals surface area contributed by atoms with Crippen molar-refractivity contribution >= 4 is 17.0 Å². The number of thioether (sulfide) groups is 1. The van der Waals surface area contributed by atoms with Gasteiger partial charge in [-0.1, -0.05) is 32.0 Å². The summed E-state index contributed by atoms with van der Waals surface area (Å²) in [6.45, 7) is 7.96. The molecule has 0 bridgehead atoms. The van der Waals surface area contributed by atoms with Crippen molar-refractivity contribution in [1.82, 2.24) is 10.2 Å². The van der Waals surface area contributed by atoms with Crippen molar-refractivity contribution in [2.45, 2.75) is 45.6 Å². The van der Waals surface area contributed by atoms with E-state index < -0.39 is 0 Å². The fourth-order valence-corrected chi connectivity index (χ4v) is 2.56. The molecule has 0 aromatic heterocycles. The Labute approximate surface area is 110 Å². The van der Waals surface area contributed by atoms with Crippen LogP contribution >= 0.6 is 11.8 Å². The lowest BCUT2D eigenvalue weighted by Crippen LogP contribution is -2.40. The van der Waals surface area contributed by atoms with Crippen LogP contribution in [0.3, 0.4) is 0 Å². The van der Waals surface area contributed by atoms with Gasteiger partial charge in [0, 0.05) is 12.6 Å². The van der Waals surface area contributed by atoms with Crippen LogP contribution in [0.15, 0.2) is 0 Å². The van der Waals surface area contributed by atoms with Crippen LogP contribution in [0.4, 0.5) is 4.79 Å². The van der Waals surface area contributed by atoms with Gasteiger partial charge in [-0.25, -0.2) is 0 Å². The Morgan fingerprint density at radius 1 is 1.29 bits per heavy atom. The van der Waals surface area contributed by atoms with Crippen molar-refractivity contribution in [3.63, 3.8) is 0 Å². The van der Waals surface area contributed by atoms with Crippen molar-refractivity contribution in [2.75, 3.05) is 25.9 Å². The van der Waals surface area contributed by atoms with E-state index in [0.29, 0.717) is 12.0 Å². The number of hydrogen-bond acceptors (Lipinski definition) is 3. The van der Waals surface area contributed by atoms with E-state index in [4.69, 9.17) is 0 Å². The summed E-state index contributed by atoms with van der Waals surface area (Å²) in [6, 6.07) is 0.317. The first kappa shape index (κ1) is 14.8. The third kappa shape index (κ3) is 5.77. The van der Waals surface area contributed by atoms with E-state index in [2.05, 4.69) is 24.1 Å². The predicted molar refractivity (Wildman–Crippen MR) is 75.6 cm³/mol. The predicted octanol–water partition coefficient (Wildman–Crippen LogP) is 2.96. The number of nitrogens with one attached hydrogen (secondary N) is 1. The molecule has 0 radical (unpaired) electrons. The first-order valence-electron chi connectivity index (χ1n) is 6.70. The summed E-state index contributed by atoms with van der Waals surface area (Å²) in [5.74, 6) is 0.510. The molecule has 0 aromatic carbocycles. The summed E-state index contributed by atoms with van der Waals surface area (Å²) in [4.78, 5) is 13.9. The lowest BCUT2D eigenvalue weighted by atomic mass is 10.0. The summed E-state index contributed by atoms with van der Waals surface area (Å²) < 4.78 is 0. The van der Waals surface area contributed by atoms with Crippen LogP contribution < -0.4 is 5.32 Å². The molecule has 1 rings (SSSR count). The molecule has 0 aliphatic carbocycles. The second-order valence-electron chi connectivity index (χ2n) is 5.18. The van der Waals surface area contributed by atoms with Crippen molar-refractivity contribution in [2.24, 2.45) is 5.92 Å². The molecule has 1 amide bonds. The highest BCUT2D eigenvalue weighted by atomic mass is 32.2. The number of likely N-dealkylation sites (tertiary alicyclic amines) is 1. The maximum atomic E-state index is 11.4. The Morgan fingerprint density at radius 2 is 1.94 bits per heavy atom. The molecule has 1 fully saturated rings. The quantitative estimate of drug-likeness (QED) is 0.823. The molecule has 0 aromatic rings. The summed E-state index contributed by atoms with van der Waals surface area (Å²) in [7, 11) is 0. The lowest BCUT2D eigenvalue weighted by molar-refractivity contribution is 0.208. The minimum atomic E-state index is 0.0994. The SMILES string of the molecule is CSC(=O)N[C@@H](CCN1CCCCC1)C(C)C. The van der Waals surface area contributed by atoms with Crippen molar-refractivity contribution in [3.05, 3.63) is 0 Å². The number of hydrogen-bond donors (Lipinski definition) is 1. The molecule has 17 heavy (non-hydrogen) atoms. The third-order valence-electron chi connectivity index (χ3n) is 3.50. The highest BCUT2D eigenvalue weighted by Crippen LogP contribution is 2.13. The van der Waals surface area contributed by atoms with Crippen LogP contribution in [-0.2, 0) is 0 Å². The Morgan fingerprint density at radius 3 is 2.47 bits per heavy atom. The topological polar surface area (TPSA) is 32.3 Å². The molecule has 3 nitrogen and oxygen atoms in total.